The zero-order chi connectivity index (χ0) is 9.19. The molecule has 0 radical (unpaired) electrons. The minimum absolute atomic E-state index is 0.360. The molecule has 0 aliphatic carbocycles. The van der Waals surface area contributed by atoms with E-state index in [-0.39, 0.29) is 0 Å². The van der Waals surface area contributed by atoms with Gasteiger partial charge in [-0.05, 0) is 22.4 Å². The van der Waals surface area contributed by atoms with Crippen molar-refractivity contribution >= 4 is 11.3 Å². The molecule has 0 fully saturated rings. The average molecular weight is 193 g/mol. The summed E-state index contributed by atoms with van der Waals surface area (Å²) >= 11 is 1.30. The molecule has 0 aromatic carbocycles. The fourth-order valence-electron chi connectivity index (χ4n) is 0.794. The monoisotopic (exact) mass is 193 g/mol. The van der Waals surface area contributed by atoms with Crippen LogP contribution in [0.25, 0.3) is 0 Å². The Morgan fingerprint density at radius 3 is 2.75 bits per heavy atom. The van der Waals surface area contributed by atoms with E-state index >= 15 is 0 Å². The maximum Gasteiger partial charge on any atom is 0.289 e. The second-order valence-corrected chi connectivity index (χ2v) is 3.23. The summed E-state index contributed by atoms with van der Waals surface area (Å²) < 4.78 is 25.5. The molecule has 0 saturated heterocycles. The number of rotatable bonds is 3. The van der Waals surface area contributed by atoms with Crippen LogP contribution in [-0.2, 0) is 0 Å². The Bertz CT molecular complexity index is 238. The highest BCUT2D eigenvalue weighted by Crippen LogP contribution is 2.29. The number of aliphatic hydroxyl groups excluding tert-OH is 1. The third-order valence-electron chi connectivity index (χ3n) is 1.57. The minimum atomic E-state index is -3.24. The SMILES string of the molecule is N[C@H](c1ccsc1)C(F)(F)CO. The molecule has 3 N–H and O–H groups in total. The number of hydrogen-bond donors (Lipinski definition) is 2. The normalized spacial score (nSPS) is 14.7. The Balaban J connectivity index is 2.78. The van der Waals surface area contributed by atoms with Gasteiger partial charge < -0.3 is 10.8 Å². The Morgan fingerprint density at radius 2 is 2.33 bits per heavy atom. The third kappa shape index (κ3) is 1.80. The Labute approximate surface area is 72.6 Å². The molecule has 0 aliphatic heterocycles. The van der Waals surface area contributed by atoms with Crippen LogP contribution in [0.5, 0.6) is 0 Å². The summed E-state index contributed by atoms with van der Waals surface area (Å²) in [6, 6.07) is 0.118. The quantitative estimate of drug-likeness (QED) is 0.761. The molecule has 2 nitrogen and oxygen atoms in total. The number of hydrogen-bond acceptors (Lipinski definition) is 3. The maximum atomic E-state index is 12.7. The highest BCUT2D eigenvalue weighted by molar-refractivity contribution is 7.07. The van der Waals surface area contributed by atoms with Crippen LogP contribution in [0.1, 0.15) is 11.6 Å². The van der Waals surface area contributed by atoms with E-state index in [2.05, 4.69) is 0 Å². The first-order valence-corrected chi connectivity index (χ1v) is 4.28. The standard InChI is InChI=1S/C7H9F2NOS/c8-7(9,4-11)6(10)5-1-2-12-3-5/h1-3,6,11H,4,10H2/t6-/m1/s1. The van der Waals surface area contributed by atoms with E-state index in [0.29, 0.717) is 5.56 Å². The van der Waals surface area contributed by atoms with E-state index in [0.717, 1.165) is 0 Å². The predicted octanol–water partition coefficient (Wildman–Crippen LogP) is 1.38. The Morgan fingerprint density at radius 1 is 1.67 bits per heavy atom. The summed E-state index contributed by atoms with van der Waals surface area (Å²) in [4.78, 5) is 0. The van der Waals surface area contributed by atoms with Gasteiger partial charge in [0.25, 0.3) is 5.92 Å². The van der Waals surface area contributed by atoms with Crippen LogP contribution in [-0.4, -0.2) is 17.6 Å². The maximum absolute atomic E-state index is 12.7. The molecule has 68 valence electrons. The first-order valence-electron chi connectivity index (χ1n) is 3.34. The van der Waals surface area contributed by atoms with Gasteiger partial charge >= 0.3 is 0 Å². The van der Waals surface area contributed by atoms with Crippen molar-refractivity contribution in [1.29, 1.82) is 0 Å². The van der Waals surface area contributed by atoms with Crippen molar-refractivity contribution in [1.82, 2.24) is 0 Å². The molecular weight excluding hydrogens is 184 g/mol. The largest absolute Gasteiger partial charge is 0.390 e. The highest BCUT2D eigenvalue weighted by Gasteiger charge is 2.37. The molecule has 1 heterocycles. The molecule has 1 atom stereocenters. The van der Waals surface area contributed by atoms with Gasteiger partial charge in [0.15, 0.2) is 0 Å². The second-order valence-electron chi connectivity index (χ2n) is 2.45. The van der Waals surface area contributed by atoms with Gasteiger partial charge in [-0.3, -0.25) is 0 Å². The zero-order valence-electron chi connectivity index (χ0n) is 6.21. The van der Waals surface area contributed by atoms with Gasteiger partial charge in [-0.1, -0.05) is 0 Å². The molecule has 0 spiro atoms. The van der Waals surface area contributed by atoms with Crippen LogP contribution in [0.15, 0.2) is 16.8 Å². The molecule has 1 aromatic heterocycles. The van der Waals surface area contributed by atoms with Crippen molar-refractivity contribution in [3.05, 3.63) is 22.4 Å². The molecule has 0 saturated carbocycles. The van der Waals surface area contributed by atoms with E-state index in [1.165, 1.54) is 17.4 Å². The first kappa shape index (κ1) is 9.57. The lowest BCUT2D eigenvalue weighted by molar-refractivity contribution is -0.0710. The van der Waals surface area contributed by atoms with E-state index in [9.17, 15) is 8.78 Å². The van der Waals surface area contributed by atoms with Gasteiger partial charge in [0.1, 0.15) is 6.61 Å². The molecular formula is C7H9F2NOS. The zero-order valence-corrected chi connectivity index (χ0v) is 7.02. The lowest BCUT2D eigenvalue weighted by Crippen LogP contribution is -2.35. The summed E-state index contributed by atoms with van der Waals surface area (Å²) in [5.74, 6) is -3.24. The smallest absolute Gasteiger partial charge is 0.289 e. The number of nitrogens with two attached hydrogens (primary N) is 1. The van der Waals surface area contributed by atoms with Gasteiger partial charge in [-0.15, -0.1) is 0 Å². The molecule has 1 aromatic rings. The summed E-state index contributed by atoms with van der Waals surface area (Å²) in [5, 5.41) is 11.6. The van der Waals surface area contributed by atoms with Crippen LogP contribution in [0.3, 0.4) is 0 Å². The topological polar surface area (TPSA) is 46.2 Å². The van der Waals surface area contributed by atoms with Crippen LogP contribution in [0.4, 0.5) is 8.78 Å². The Hall–Kier alpha value is -0.520. The second kappa shape index (κ2) is 3.47. The number of halogens is 2. The molecule has 0 bridgehead atoms. The molecule has 0 aliphatic rings. The van der Waals surface area contributed by atoms with Gasteiger partial charge in [-0.2, -0.15) is 11.3 Å². The summed E-state index contributed by atoms with van der Waals surface area (Å²) in [6.45, 7) is -1.22. The van der Waals surface area contributed by atoms with E-state index < -0.39 is 18.6 Å². The summed E-state index contributed by atoms with van der Waals surface area (Å²) in [5.41, 5.74) is 5.58. The van der Waals surface area contributed by atoms with Gasteiger partial charge in [-0.25, -0.2) is 8.78 Å². The molecule has 12 heavy (non-hydrogen) atoms. The van der Waals surface area contributed by atoms with Gasteiger partial charge in [0.2, 0.25) is 0 Å². The van der Waals surface area contributed by atoms with Crippen molar-refractivity contribution in [2.45, 2.75) is 12.0 Å². The van der Waals surface area contributed by atoms with Crippen LogP contribution < -0.4 is 5.73 Å². The summed E-state index contributed by atoms with van der Waals surface area (Å²) in [6.07, 6.45) is 0. The third-order valence-corrected chi connectivity index (χ3v) is 2.27. The van der Waals surface area contributed by atoms with Crippen LogP contribution >= 0.6 is 11.3 Å². The average Bonchev–Trinajstić information content (AvgIpc) is 2.55. The van der Waals surface area contributed by atoms with Crippen molar-refractivity contribution in [2.24, 2.45) is 5.73 Å². The Kier molecular flexibility index (Phi) is 2.76. The number of aliphatic hydroxyl groups is 1. The van der Waals surface area contributed by atoms with Crippen LogP contribution in [0.2, 0.25) is 0 Å². The number of thiophene rings is 1. The van der Waals surface area contributed by atoms with Crippen molar-refractivity contribution in [3.63, 3.8) is 0 Å². The van der Waals surface area contributed by atoms with E-state index in [4.69, 9.17) is 10.8 Å². The molecule has 1 rings (SSSR count). The fraction of sp³-hybridized carbons (Fsp3) is 0.429. The van der Waals surface area contributed by atoms with Crippen LogP contribution in [0, 0.1) is 0 Å². The lowest BCUT2D eigenvalue weighted by atomic mass is 10.1. The van der Waals surface area contributed by atoms with Crippen molar-refractivity contribution in [3.8, 4) is 0 Å². The molecule has 0 unspecified atom stereocenters. The number of alkyl halides is 2. The molecule has 5 heteroatoms. The minimum Gasteiger partial charge on any atom is -0.390 e. The van der Waals surface area contributed by atoms with E-state index in [1.807, 2.05) is 0 Å². The lowest BCUT2D eigenvalue weighted by Gasteiger charge is -2.20. The molecule has 0 amide bonds. The first-order chi connectivity index (χ1) is 5.58. The van der Waals surface area contributed by atoms with E-state index in [1.54, 1.807) is 10.8 Å². The van der Waals surface area contributed by atoms with Gasteiger partial charge in [0, 0.05) is 0 Å². The highest BCUT2D eigenvalue weighted by atomic mass is 32.1. The fourth-order valence-corrected chi connectivity index (χ4v) is 1.49. The van der Waals surface area contributed by atoms with Crippen molar-refractivity contribution in [2.75, 3.05) is 6.61 Å². The predicted molar refractivity (Wildman–Crippen MR) is 43.3 cm³/mol. The van der Waals surface area contributed by atoms with Crippen molar-refractivity contribution < 1.29 is 13.9 Å². The van der Waals surface area contributed by atoms with Gasteiger partial charge in [0.05, 0.1) is 6.04 Å². The summed E-state index contributed by atoms with van der Waals surface area (Å²) in [7, 11) is 0.